The molecule has 0 bridgehead atoms. The van der Waals surface area contributed by atoms with E-state index in [9.17, 15) is 19.1 Å². The summed E-state index contributed by atoms with van der Waals surface area (Å²) in [6.45, 7) is 2.38. The van der Waals surface area contributed by atoms with Crippen LogP contribution >= 0.6 is 11.3 Å². The van der Waals surface area contributed by atoms with Gasteiger partial charge in [0, 0.05) is 24.9 Å². The number of rotatable bonds is 5. The maximum absolute atomic E-state index is 12.9. The topological polar surface area (TPSA) is 70.5 Å². The number of hydrogen-bond acceptors (Lipinski definition) is 4. The van der Waals surface area contributed by atoms with Crippen LogP contribution in [-0.2, 0) is 22.4 Å². The zero-order valence-electron chi connectivity index (χ0n) is 13.9. The molecule has 1 aromatic heterocycles. The summed E-state index contributed by atoms with van der Waals surface area (Å²) in [4.78, 5) is 29.7. The lowest BCUT2D eigenvalue weighted by atomic mass is 9.90. The molecule has 2 heterocycles. The molecule has 1 aromatic carbocycles. The molecule has 132 valence electrons. The molecule has 2 aromatic rings. The number of carboxylic acids is 1. The lowest BCUT2D eigenvalue weighted by Gasteiger charge is -2.19. The van der Waals surface area contributed by atoms with E-state index in [1.807, 2.05) is 5.38 Å². The molecule has 25 heavy (non-hydrogen) atoms. The SMILES string of the molecule is C[C@@]1(C(=O)O)CCN(C(=O)Cc2csc(Cc3ccc(F)cc3)n2)C1. The first-order valence-electron chi connectivity index (χ1n) is 8.05. The smallest absolute Gasteiger partial charge is 0.311 e. The molecule has 1 N–H and O–H groups in total. The van der Waals surface area contributed by atoms with Crippen molar-refractivity contribution in [2.75, 3.05) is 13.1 Å². The number of carboxylic acid groups (broad SMARTS) is 1. The first-order chi connectivity index (χ1) is 11.9. The van der Waals surface area contributed by atoms with Gasteiger partial charge in [0.05, 0.1) is 22.5 Å². The maximum atomic E-state index is 12.9. The number of benzene rings is 1. The zero-order chi connectivity index (χ0) is 18.0. The fourth-order valence-electron chi connectivity index (χ4n) is 2.90. The van der Waals surface area contributed by atoms with Crippen molar-refractivity contribution in [1.29, 1.82) is 0 Å². The van der Waals surface area contributed by atoms with Crippen molar-refractivity contribution in [2.24, 2.45) is 5.41 Å². The van der Waals surface area contributed by atoms with Crippen LogP contribution in [0.5, 0.6) is 0 Å². The maximum Gasteiger partial charge on any atom is 0.311 e. The average Bonchev–Trinajstić information content (AvgIpc) is 3.17. The highest BCUT2D eigenvalue weighted by Gasteiger charge is 2.42. The fourth-order valence-corrected chi connectivity index (χ4v) is 3.73. The number of carbonyl (C=O) groups is 2. The van der Waals surface area contributed by atoms with Crippen LogP contribution in [0.15, 0.2) is 29.6 Å². The number of hydrogen-bond donors (Lipinski definition) is 1. The third-order valence-electron chi connectivity index (χ3n) is 4.54. The summed E-state index contributed by atoms with van der Waals surface area (Å²) in [5, 5.41) is 12.0. The van der Waals surface area contributed by atoms with Crippen LogP contribution in [0.3, 0.4) is 0 Å². The molecule has 0 radical (unpaired) electrons. The Morgan fingerprint density at radius 3 is 2.72 bits per heavy atom. The van der Waals surface area contributed by atoms with Gasteiger partial charge in [-0.3, -0.25) is 9.59 Å². The number of halogens is 1. The summed E-state index contributed by atoms with van der Waals surface area (Å²) < 4.78 is 12.9. The summed E-state index contributed by atoms with van der Waals surface area (Å²) in [6.07, 6.45) is 1.25. The highest BCUT2D eigenvalue weighted by molar-refractivity contribution is 7.09. The van der Waals surface area contributed by atoms with E-state index in [1.165, 1.54) is 23.5 Å². The minimum atomic E-state index is -0.863. The van der Waals surface area contributed by atoms with Crippen molar-refractivity contribution in [3.05, 3.63) is 51.7 Å². The van der Waals surface area contributed by atoms with Gasteiger partial charge >= 0.3 is 5.97 Å². The van der Waals surface area contributed by atoms with Crippen molar-refractivity contribution < 1.29 is 19.1 Å². The van der Waals surface area contributed by atoms with Gasteiger partial charge in [-0.15, -0.1) is 11.3 Å². The molecule has 1 fully saturated rings. The first-order valence-corrected chi connectivity index (χ1v) is 8.92. The van der Waals surface area contributed by atoms with E-state index in [1.54, 1.807) is 24.0 Å². The van der Waals surface area contributed by atoms with E-state index in [0.717, 1.165) is 10.6 Å². The van der Waals surface area contributed by atoms with Gasteiger partial charge in [0.25, 0.3) is 0 Å². The molecule has 1 aliphatic heterocycles. The lowest BCUT2D eigenvalue weighted by Crippen LogP contribution is -2.35. The second-order valence-corrected chi connectivity index (χ2v) is 7.59. The van der Waals surface area contributed by atoms with Crippen LogP contribution in [0.1, 0.15) is 29.6 Å². The Morgan fingerprint density at radius 2 is 2.08 bits per heavy atom. The summed E-state index contributed by atoms with van der Waals surface area (Å²) in [7, 11) is 0. The number of nitrogens with zero attached hydrogens (tertiary/aromatic N) is 2. The van der Waals surface area contributed by atoms with E-state index in [0.29, 0.717) is 25.1 Å². The van der Waals surface area contributed by atoms with Crippen LogP contribution in [0, 0.1) is 11.2 Å². The zero-order valence-corrected chi connectivity index (χ0v) is 14.7. The van der Waals surface area contributed by atoms with Crippen molar-refractivity contribution >= 4 is 23.2 Å². The van der Waals surface area contributed by atoms with Gasteiger partial charge in [-0.05, 0) is 31.0 Å². The summed E-state index contributed by atoms with van der Waals surface area (Å²) in [5.41, 5.74) is 0.798. The van der Waals surface area contributed by atoms with Gasteiger partial charge in [-0.25, -0.2) is 9.37 Å². The Morgan fingerprint density at radius 1 is 1.36 bits per heavy atom. The minimum Gasteiger partial charge on any atom is -0.481 e. The third kappa shape index (κ3) is 4.04. The van der Waals surface area contributed by atoms with Crippen molar-refractivity contribution in [1.82, 2.24) is 9.88 Å². The van der Waals surface area contributed by atoms with Gasteiger partial charge in [0.15, 0.2) is 0 Å². The van der Waals surface area contributed by atoms with Gasteiger partial charge in [-0.2, -0.15) is 0 Å². The average molecular weight is 362 g/mol. The normalized spacial score (nSPS) is 20.0. The Kier molecular flexibility index (Phi) is 4.85. The van der Waals surface area contributed by atoms with Crippen molar-refractivity contribution in [3.8, 4) is 0 Å². The Hall–Kier alpha value is -2.28. The molecule has 1 aliphatic rings. The summed E-state index contributed by atoms with van der Waals surface area (Å²) in [5.74, 6) is -1.23. The summed E-state index contributed by atoms with van der Waals surface area (Å²) >= 11 is 1.47. The molecule has 0 unspecified atom stereocenters. The van der Waals surface area contributed by atoms with Gasteiger partial charge in [-0.1, -0.05) is 12.1 Å². The largest absolute Gasteiger partial charge is 0.481 e. The molecule has 7 heteroatoms. The number of likely N-dealkylation sites (tertiary alicyclic amines) is 1. The molecule has 0 saturated carbocycles. The molecule has 1 atom stereocenters. The molecule has 1 saturated heterocycles. The second-order valence-electron chi connectivity index (χ2n) is 6.64. The molecular formula is C18H19FN2O3S. The van der Waals surface area contributed by atoms with E-state index < -0.39 is 11.4 Å². The summed E-state index contributed by atoms with van der Waals surface area (Å²) in [6, 6.07) is 6.28. The van der Waals surface area contributed by atoms with E-state index >= 15 is 0 Å². The van der Waals surface area contributed by atoms with E-state index in [-0.39, 0.29) is 24.7 Å². The Bertz CT molecular complexity index is 790. The van der Waals surface area contributed by atoms with Gasteiger partial charge < -0.3 is 10.0 Å². The monoisotopic (exact) mass is 362 g/mol. The Labute approximate surface area is 149 Å². The fraction of sp³-hybridized carbons (Fsp3) is 0.389. The van der Waals surface area contributed by atoms with E-state index in [4.69, 9.17) is 0 Å². The number of aromatic nitrogens is 1. The van der Waals surface area contributed by atoms with E-state index in [2.05, 4.69) is 4.98 Å². The molecule has 0 aliphatic carbocycles. The van der Waals surface area contributed by atoms with Gasteiger partial charge in [0.1, 0.15) is 5.82 Å². The quantitative estimate of drug-likeness (QED) is 0.888. The highest BCUT2D eigenvalue weighted by Crippen LogP contribution is 2.30. The van der Waals surface area contributed by atoms with Crippen LogP contribution in [0.2, 0.25) is 0 Å². The Balaban J connectivity index is 1.59. The third-order valence-corrected chi connectivity index (χ3v) is 5.44. The minimum absolute atomic E-state index is 0.0939. The molecule has 3 rings (SSSR count). The van der Waals surface area contributed by atoms with Crippen molar-refractivity contribution in [2.45, 2.75) is 26.2 Å². The molecule has 5 nitrogen and oxygen atoms in total. The predicted molar refractivity (Wildman–Crippen MR) is 92.0 cm³/mol. The highest BCUT2D eigenvalue weighted by atomic mass is 32.1. The van der Waals surface area contributed by atoms with Crippen LogP contribution in [0.4, 0.5) is 4.39 Å². The number of amides is 1. The van der Waals surface area contributed by atoms with Gasteiger partial charge in [0.2, 0.25) is 5.91 Å². The lowest BCUT2D eigenvalue weighted by molar-refractivity contribution is -0.147. The molecule has 0 spiro atoms. The van der Waals surface area contributed by atoms with Crippen LogP contribution < -0.4 is 0 Å². The standard InChI is InChI=1S/C18H19FN2O3S/c1-18(17(23)24)6-7-21(11-18)16(22)9-14-10-25-15(20-14)8-12-2-4-13(19)5-3-12/h2-5,10H,6-9,11H2,1H3,(H,23,24)/t18-/m1/s1. The number of aliphatic carboxylic acids is 1. The second kappa shape index (κ2) is 6.92. The van der Waals surface area contributed by atoms with Crippen LogP contribution in [0.25, 0.3) is 0 Å². The molecule has 1 amide bonds. The predicted octanol–water partition coefficient (Wildman–Crippen LogP) is 2.74. The van der Waals surface area contributed by atoms with Crippen LogP contribution in [-0.4, -0.2) is 40.0 Å². The van der Waals surface area contributed by atoms with Crippen molar-refractivity contribution in [3.63, 3.8) is 0 Å². The first kappa shape index (κ1) is 17.5. The molecular weight excluding hydrogens is 343 g/mol. The number of carbonyl (C=O) groups excluding carboxylic acids is 1. The number of thiazole rings is 1.